The van der Waals surface area contributed by atoms with Crippen LogP contribution >= 0.6 is 0 Å². The van der Waals surface area contributed by atoms with E-state index in [4.69, 9.17) is 5.11 Å². The second-order valence-corrected chi connectivity index (χ2v) is 6.43. The van der Waals surface area contributed by atoms with Crippen LogP contribution in [0.15, 0.2) is 0 Å². The average molecular weight is 335 g/mol. The zero-order valence-electron chi connectivity index (χ0n) is 14.6. The zero-order valence-corrected chi connectivity index (χ0v) is 14.6. The third-order valence-corrected chi connectivity index (χ3v) is 4.73. The van der Waals surface area contributed by atoms with Crippen molar-refractivity contribution in [2.75, 3.05) is 13.1 Å². The van der Waals surface area contributed by atoms with Crippen molar-refractivity contribution in [3.05, 3.63) is 22.5 Å². The van der Waals surface area contributed by atoms with Crippen molar-refractivity contribution in [2.45, 2.75) is 52.6 Å². The largest absolute Gasteiger partial charge is 0.480 e. The number of aromatic nitrogens is 1. The van der Waals surface area contributed by atoms with E-state index in [0.717, 1.165) is 12.8 Å². The maximum atomic E-state index is 12.4. The summed E-state index contributed by atoms with van der Waals surface area (Å²) in [4.78, 5) is 39.8. The molecule has 3 N–H and O–H groups in total. The van der Waals surface area contributed by atoms with E-state index in [2.05, 4.69) is 10.3 Å². The fraction of sp³-hybridized carbons (Fsp3) is 0.588. The summed E-state index contributed by atoms with van der Waals surface area (Å²) in [5.74, 6) is -1.11. The Hall–Kier alpha value is -2.15. The number of carbonyl (C=O) groups is 3. The molecule has 24 heavy (non-hydrogen) atoms. The van der Waals surface area contributed by atoms with Gasteiger partial charge >= 0.3 is 5.97 Å². The van der Waals surface area contributed by atoms with E-state index in [1.165, 1.54) is 6.92 Å². The first-order valence-corrected chi connectivity index (χ1v) is 8.21. The van der Waals surface area contributed by atoms with Gasteiger partial charge in [0.05, 0.1) is 6.54 Å². The normalized spacial score (nSPS) is 19.9. The number of aryl methyl sites for hydroxylation is 1. The monoisotopic (exact) mass is 335 g/mol. The Morgan fingerprint density at radius 3 is 2.38 bits per heavy atom. The first-order valence-electron chi connectivity index (χ1n) is 8.21. The molecule has 7 heteroatoms. The molecule has 0 bridgehead atoms. The topological polar surface area (TPSA) is 102 Å². The van der Waals surface area contributed by atoms with Gasteiger partial charge in [0.15, 0.2) is 5.78 Å². The summed E-state index contributed by atoms with van der Waals surface area (Å²) in [6.07, 6.45) is 1.48. The molecular formula is C17H25N3O4. The molecule has 1 heterocycles. The highest BCUT2D eigenvalue weighted by atomic mass is 16.4. The number of hydrogen-bond acceptors (Lipinski definition) is 4. The maximum absolute atomic E-state index is 12.4. The zero-order chi connectivity index (χ0) is 18.0. The van der Waals surface area contributed by atoms with Gasteiger partial charge in [-0.25, -0.2) is 0 Å². The van der Waals surface area contributed by atoms with Crippen molar-refractivity contribution in [1.82, 2.24) is 15.2 Å². The Labute approximate surface area is 141 Å². The highest BCUT2D eigenvalue weighted by Crippen LogP contribution is 2.26. The van der Waals surface area contributed by atoms with Crippen molar-refractivity contribution in [2.24, 2.45) is 0 Å². The predicted molar refractivity (Wildman–Crippen MR) is 89.4 cm³/mol. The minimum atomic E-state index is -0.835. The SMILES string of the molecule is CCN(CC(=O)O)C1CC(NC(=O)c2[nH]c(C)c(C(C)=O)c2C)C1. The second kappa shape index (κ2) is 7.17. The van der Waals surface area contributed by atoms with Gasteiger partial charge in [-0.2, -0.15) is 0 Å². The summed E-state index contributed by atoms with van der Waals surface area (Å²) < 4.78 is 0. The smallest absolute Gasteiger partial charge is 0.317 e. The maximum Gasteiger partial charge on any atom is 0.317 e. The summed E-state index contributed by atoms with van der Waals surface area (Å²) in [6, 6.07) is 0.227. The number of hydrogen-bond donors (Lipinski definition) is 3. The standard InChI is InChI=1S/C17H25N3O4/c1-5-20(8-14(22)23)13-6-12(7-13)19-17(24)16-9(2)15(11(4)21)10(3)18-16/h12-13,18H,5-8H2,1-4H3,(H,19,24)(H,22,23). The lowest BCUT2D eigenvalue weighted by Gasteiger charge is -2.42. The Kier molecular flexibility index (Phi) is 5.43. The molecular weight excluding hydrogens is 310 g/mol. The number of amides is 1. The Morgan fingerprint density at radius 1 is 1.29 bits per heavy atom. The summed E-state index contributed by atoms with van der Waals surface area (Å²) in [5.41, 5.74) is 2.38. The number of H-pyrrole nitrogens is 1. The van der Waals surface area contributed by atoms with Crippen molar-refractivity contribution in [3.63, 3.8) is 0 Å². The van der Waals surface area contributed by atoms with E-state index in [9.17, 15) is 14.4 Å². The van der Waals surface area contributed by atoms with Crippen LogP contribution in [0.1, 0.15) is 58.8 Å². The number of aliphatic carboxylic acids is 1. The van der Waals surface area contributed by atoms with Crippen LogP contribution in [0.3, 0.4) is 0 Å². The number of Topliss-reactive ketones (excluding diaryl/α,β-unsaturated/α-hetero) is 1. The van der Waals surface area contributed by atoms with Gasteiger partial charge in [0.1, 0.15) is 5.69 Å². The fourth-order valence-corrected chi connectivity index (χ4v) is 3.44. The van der Waals surface area contributed by atoms with E-state index in [1.54, 1.807) is 13.8 Å². The number of carboxylic acid groups (broad SMARTS) is 1. The highest BCUT2D eigenvalue weighted by Gasteiger charge is 2.35. The molecule has 0 radical (unpaired) electrons. The Bertz CT molecular complexity index is 659. The molecule has 1 saturated carbocycles. The summed E-state index contributed by atoms with van der Waals surface area (Å²) in [7, 11) is 0. The number of carboxylic acids is 1. The van der Waals surface area contributed by atoms with E-state index in [1.807, 2.05) is 11.8 Å². The molecule has 0 aliphatic heterocycles. The molecule has 2 rings (SSSR count). The van der Waals surface area contributed by atoms with Gasteiger partial charge in [-0.15, -0.1) is 0 Å². The molecule has 0 saturated heterocycles. The number of ketones is 1. The third kappa shape index (κ3) is 3.67. The van der Waals surface area contributed by atoms with Crippen molar-refractivity contribution in [1.29, 1.82) is 0 Å². The Morgan fingerprint density at radius 2 is 1.92 bits per heavy atom. The van der Waals surface area contributed by atoms with Gasteiger partial charge < -0.3 is 15.4 Å². The number of rotatable bonds is 7. The van der Waals surface area contributed by atoms with Gasteiger partial charge in [0.25, 0.3) is 5.91 Å². The molecule has 1 aliphatic rings. The quantitative estimate of drug-likeness (QED) is 0.655. The molecule has 1 aromatic heterocycles. The lowest BCUT2D eigenvalue weighted by molar-refractivity contribution is -0.139. The molecule has 132 valence electrons. The molecule has 1 aliphatic carbocycles. The van der Waals surface area contributed by atoms with Crippen molar-refractivity contribution < 1.29 is 19.5 Å². The van der Waals surface area contributed by atoms with E-state index < -0.39 is 5.97 Å². The van der Waals surface area contributed by atoms with Crippen LogP contribution < -0.4 is 5.32 Å². The molecule has 0 unspecified atom stereocenters. The van der Waals surface area contributed by atoms with Gasteiger partial charge in [-0.1, -0.05) is 6.92 Å². The molecule has 0 atom stereocenters. The third-order valence-electron chi connectivity index (χ3n) is 4.73. The van der Waals surface area contributed by atoms with Gasteiger partial charge in [0, 0.05) is 23.3 Å². The first-order chi connectivity index (χ1) is 11.2. The fourth-order valence-electron chi connectivity index (χ4n) is 3.44. The lowest BCUT2D eigenvalue weighted by atomic mass is 9.85. The Balaban J connectivity index is 1.95. The van der Waals surface area contributed by atoms with Crippen LogP contribution in [-0.4, -0.2) is 57.8 Å². The number of aromatic amines is 1. The molecule has 1 fully saturated rings. The van der Waals surface area contributed by atoms with Crippen LogP contribution in [0, 0.1) is 13.8 Å². The molecule has 0 aromatic carbocycles. The number of carbonyl (C=O) groups excluding carboxylic acids is 2. The molecule has 7 nitrogen and oxygen atoms in total. The van der Waals surface area contributed by atoms with Gasteiger partial charge in [0.2, 0.25) is 0 Å². The number of nitrogens with zero attached hydrogens (tertiary/aromatic N) is 1. The van der Waals surface area contributed by atoms with E-state index >= 15 is 0 Å². The molecule has 1 aromatic rings. The minimum absolute atomic E-state index is 0.0265. The van der Waals surface area contributed by atoms with Gasteiger partial charge in [-0.05, 0) is 45.7 Å². The summed E-state index contributed by atoms with van der Waals surface area (Å²) in [6.45, 7) is 7.68. The highest BCUT2D eigenvalue weighted by molar-refractivity contribution is 6.02. The number of likely N-dealkylation sites (N-methyl/N-ethyl adjacent to an activating group) is 1. The average Bonchev–Trinajstić information content (AvgIpc) is 2.74. The number of nitrogens with one attached hydrogen (secondary N) is 2. The first kappa shape index (κ1) is 18.2. The molecule has 0 spiro atoms. The minimum Gasteiger partial charge on any atom is -0.480 e. The van der Waals surface area contributed by atoms with E-state index in [0.29, 0.717) is 29.1 Å². The second-order valence-electron chi connectivity index (χ2n) is 6.43. The summed E-state index contributed by atoms with van der Waals surface area (Å²) in [5, 5.41) is 11.9. The van der Waals surface area contributed by atoms with Crippen molar-refractivity contribution in [3.8, 4) is 0 Å². The van der Waals surface area contributed by atoms with Crippen molar-refractivity contribution >= 4 is 17.7 Å². The van der Waals surface area contributed by atoms with E-state index in [-0.39, 0.29) is 30.3 Å². The predicted octanol–water partition coefficient (Wildman–Crippen LogP) is 1.50. The lowest BCUT2D eigenvalue weighted by Crippen LogP contribution is -2.54. The van der Waals surface area contributed by atoms with Crippen LogP contribution in [0.2, 0.25) is 0 Å². The summed E-state index contributed by atoms with van der Waals surface area (Å²) >= 11 is 0. The van der Waals surface area contributed by atoms with Crippen LogP contribution in [-0.2, 0) is 4.79 Å². The molecule has 1 amide bonds. The van der Waals surface area contributed by atoms with Crippen LogP contribution in [0.25, 0.3) is 0 Å². The van der Waals surface area contributed by atoms with Crippen LogP contribution in [0.4, 0.5) is 0 Å². The van der Waals surface area contributed by atoms with Crippen LogP contribution in [0.5, 0.6) is 0 Å². The van der Waals surface area contributed by atoms with Gasteiger partial charge in [-0.3, -0.25) is 19.3 Å².